The molecule has 96 valence electrons. The summed E-state index contributed by atoms with van der Waals surface area (Å²) in [6.07, 6.45) is 6.60. The highest BCUT2D eigenvalue weighted by Gasteiger charge is 2.15. The first-order valence-corrected chi connectivity index (χ1v) is 6.93. The smallest absolute Gasteiger partial charge is 0.0281 e. The van der Waals surface area contributed by atoms with Crippen molar-refractivity contribution in [2.45, 2.75) is 78.8 Å². The molecule has 0 aliphatic heterocycles. The van der Waals surface area contributed by atoms with E-state index in [0.717, 1.165) is 0 Å². The monoisotopic (exact) mass is 225 g/mol. The molecule has 0 aliphatic carbocycles. The Balaban J connectivity index is 4.05. The molecule has 1 heteroatoms. The van der Waals surface area contributed by atoms with Crippen molar-refractivity contribution in [2.75, 3.05) is 0 Å². The third-order valence-electron chi connectivity index (χ3n) is 3.07. The summed E-state index contributed by atoms with van der Waals surface area (Å²) in [5, 5.41) is 3.64. The molecule has 0 saturated carbocycles. The van der Waals surface area contributed by atoms with Gasteiger partial charge in [0.15, 0.2) is 0 Å². The van der Waals surface area contributed by atoms with E-state index in [0.29, 0.717) is 18.0 Å². The molecule has 0 amide bonds. The van der Waals surface area contributed by atoms with Crippen molar-refractivity contribution in [3.05, 3.63) is 12.2 Å². The Bertz CT molecular complexity index is 182. The normalized spacial score (nSPS) is 13.4. The third-order valence-corrected chi connectivity index (χ3v) is 3.07. The van der Waals surface area contributed by atoms with Gasteiger partial charge in [-0.3, -0.25) is 0 Å². The van der Waals surface area contributed by atoms with Gasteiger partial charge in [0.2, 0.25) is 0 Å². The van der Waals surface area contributed by atoms with Crippen LogP contribution >= 0.6 is 0 Å². The first-order valence-electron chi connectivity index (χ1n) is 6.93. The second-order valence-electron chi connectivity index (χ2n) is 5.45. The number of unbranched alkanes of at least 4 members (excludes halogenated alkanes) is 3. The molecule has 0 aromatic heterocycles. The standard InChI is InChI=1S/C15H31N/c1-7-8-9-10-11-15(16-13(4)5)14(6)12(2)3/h12-13,15-16H,6-11H2,1-5H3. The molecule has 0 aromatic rings. The lowest BCUT2D eigenvalue weighted by molar-refractivity contribution is 0.438. The van der Waals surface area contributed by atoms with E-state index in [9.17, 15) is 0 Å². The first-order chi connectivity index (χ1) is 7.49. The Morgan fingerprint density at radius 1 is 1.06 bits per heavy atom. The summed E-state index contributed by atoms with van der Waals surface area (Å²) < 4.78 is 0. The summed E-state index contributed by atoms with van der Waals surface area (Å²) in [5.74, 6) is 0.586. The zero-order valence-electron chi connectivity index (χ0n) is 12.0. The molecule has 0 rings (SSSR count). The average molecular weight is 225 g/mol. The molecule has 16 heavy (non-hydrogen) atoms. The van der Waals surface area contributed by atoms with Crippen LogP contribution in [0.5, 0.6) is 0 Å². The minimum absolute atomic E-state index is 0.511. The van der Waals surface area contributed by atoms with E-state index < -0.39 is 0 Å². The predicted octanol–water partition coefficient (Wildman–Crippen LogP) is 4.54. The highest BCUT2D eigenvalue weighted by molar-refractivity contribution is 5.08. The summed E-state index contributed by atoms with van der Waals surface area (Å²) in [5.41, 5.74) is 1.37. The number of hydrogen-bond donors (Lipinski definition) is 1. The van der Waals surface area contributed by atoms with Crippen LogP contribution < -0.4 is 5.32 Å². The number of hydrogen-bond acceptors (Lipinski definition) is 1. The molecule has 0 aliphatic rings. The highest BCUT2D eigenvalue weighted by Crippen LogP contribution is 2.18. The SMILES string of the molecule is C=C(C(C)C)C(CCCCCC)NC(C)C. The Labute approximate surface area is 103 Å². The van der Waals surface area contributed by atoms with Crippen LogP contribution in [0.4, 0.5) is 0 Å². The van der Waals surface area contributed by atoms with E-state index in [1.165, 1.54) is 37.7 Å². The molecule has 1 N–H and O–H groups in total. The lowest BCUT2D eigenvalue weighted by Crippen LogP contribution is -2.37. The molecular formula is C15H31N. The van der Waals surface area contributed by atoms with Gasteiger partial charge in [0.25, 0.3) is 0 Å². The minimum Gasteiger partial charge on any atom is -0.308 e. The summed E-state index contributed by atoms with van der Waals surface area (Å²) in [6.45, 7) is 15.4. The molecule has 0 radical (unpaired) electrons. The van der Waals surface area contributed by atoms with Crippen LogP contribution in [0, 0.1) is 5.92 Å². The fourth-order valence-corrected chi connectivity index (χ4v) is 1.96. The topological polar surface area (TPSA) is 12.0 Å². The Hall–Kier alpha value is -0.300. The number of nitrogens with one attached hydrogen (secondary N) is 1. The quantitative estimate of drug-likeness (QED) is 0.449. The third kappa shape index (κ3) is 7.05. The maximum Gasteiger partial charge on any atom is 0.0281 e. The lowest BCUT2D eigenvalue weighted by Gasteiger charge is -2.25. The van der Waals surface area contributed by atoms with E-state index in [-0.39, 0.29) is 0 Å². The van der Waals surface area contributed by atoms with Crippen LogP contribution in [0.3, 0.4) is 0 Å². The van der Waals surface area contributed by atoms with Crippen molar-refractivity contribution in [3.8, 4) is 0 Å². The Morgan fingerprint density at radius 3 is 2.12 bits per heavy atom. The fraction of sp³-hybridized carbons (Fsp3) is 0.867. The zero-order chi connectivity index (χ0) is 12.6. The van der Waals surface area contributed by atoms with Gasteiger partial charge in [-0.15, -0.1) is 0 Å². The van der Waals surface area contributed by atoms with Crippen molar-refractivity contribution in [3.63, 3.8) is 0 Å². The van der Waals surface area contributed by atoms with Gasteiger partial charge in [-0.25, -0.2) is 0 Å². The highest BCUT2D eigenvalue weighted by atomic mass is 14.9. The van der Waals surface area contributed by atoms with Crippen LogP contribution in [-0.4, -0.2) is 12.1 Å². The molecule has 1 unspecified atom stereocenters. The molecule has 0 bridgehead atoms. The first kappa shape index (κ1) is 15.7. The van der Waals surface area contributed by atoms with Gasteiger partial charge < -0.3 is 5.32 Å². The predicted molar refractivity (Wildman–Crippen MR) is 74.8 cm³/mol. The van der Waals surface area contributed by atoms with Crippen LogP contribution in [0.25, 0.3) is 0 Å². The van der Waals surface area contributed by atoms with E-state index in [1.54, 1.807) is 0 Å². The molecule has 0 heterocycles. The van der Waals surface area contributed by atoms with Gasteiger partial charge in [0.1, 0.15) is 0 Å². The Morgan fingerprint density at radius 2 is 1.69 bits per heavy atom. The Kier molecular flexibility index (Phi) is 8.64. The average Bonchev–Trinajstić information content (AvgIpc) is 2.20. The van der Waals surface area contributed by atoms with Gasteiger partial charge in [0.05, 0.1) is 0 Å². The van der Waals surface area contributed by atoms with Crippen molar-refractivity contribution in [1.82, 2.24) is 5.32 Å². The second-order valence-corrected chi connectivity index (χ2v) is 5.45. The molecule has 0 aromatic carbocycles. The molecule has 0 fully saturated rings. The summed E-state index contributed by atoms with van der Waals surface area (Å²) in [7, 11) is 0. The van der Waals surface area contributed by atoms with E-state index in [2.05, 4.69) is 46.5 Å². The summed E-state index contributed by atoms with van der Waals surface area (Å²) >= 11 is 0. The van der Waals surface area contributed by atoms with Gasteiger partial charge in [-0.2, -0.15) is 0 Å². The van der Waals surface area contributed by atoms with E-state index >= 15 is 0 Å². The summed E-state index contributed by atoms with van der Waals surface area (Å²) in [4.78, 5) is 0. The van der Waals surface area contributed by atoms with Crippen molar-refractivity contribution >= 4 is 0 Å². The van der Waals surface area contributed by atoms with Crippen molar-refractivity contribution < 1.29 is 0 Å². The van der Waals surface area contributed by atoms with Gasteiger partial charge in [-0.05, 0) is 12.3 Å². The lowest BCUT2D eigenvalue weighted by atomic mass is 9.92. The van der Waals surface area contributed by atoms with E-state index in [4.69, 9.17) is 0 Å². The van der Waals surface area contributed by atoms with Crippen molar-refractivity contribution in [2.24, 2.45) is 5.92 Å². The van der Waals surface area contributed by atoms with E-state index in [1.807, 2.05) is 0 Å². The molecule has 0 saturated heterocycles. The second kappa shape index (κ2) is 8.81. The minimum atomic E-state index is 0.511. The van der Waals surface area contributed by atoms with Crippen LogP contribution in [-0.2, 0) is 0 Å². The van der Waals surface area contributed by atoms with Crippen LogP contribution in [0.2, 0.25) is 0 Å². The maximum absolute atomic E-state index is 4.24. The number of rotatable bonds is 9. The molecular weight excluding hydrogens is 194 g/mol. The van der Waals surface area contributed by atoms with Gasteiger partial charge in [0, 0.05) is 12.1 Å². The zero-order valence-corrected chi connectivity index (χ0v) is 12.0. The van der Waals surface area contributed by atoms with Crippen LogP contribution in [0.1, 0.15) is 66.7 Å². The molecule has 1 atom stereocenters. The van der Waals surface area contributed by atoms with Crippen molar-refractivity contribution in [1.29, 1.82) is 0 Å². The van der Waals surface area contributed by atoms with Gasteiger partial charge in [-0.1, -0.05) is 72.5 Å². The molecule has 1 nitrogen and oxygen atoms in total. The maximum atomic E-state index is 4.24. The summed E-state index contributed by atoms with van der Waals surface area (Å²) in [6, 6.07) is 1.06. The fourth-order valence-electron chi connectivity index (χ4n) is 1.96. The largest absolute Gasteiger partial charge is 0.308 e. The molecule has 0 spiro atoms. The van der Waals surface area contributed by atoms with Gasteiger partial charge >= 0.3 is 0 Å². The van der Waals surface area contributed by atoms with Crippen LogP contribution in [0.15, 0.2) is 12.2 Å².